The van der Waals surface area contributed by atoms with E-state index >= 15 is 0 Å². The molecule has 1 heterocycles. The van der Waals surface area contributed by atoms with Gasteiger partial charge < -0.3 is 9.80 Å². The third kappa shape index (κ3) is 2.55. The first-order chi connectivity index (χ1) is 11.6. The lowest BCUT2D eigenvalue weighted by Gasteiger charge is -2.31. The number of fused-ring (bicyclic) bond motifs is 2. The van der Waals surface area contributed by atoms with Crippen molar-refractivity contribution >= 4 is 34.5 Å². The second-order valence-electron chi connectivity index (χ2n) is 6.18. The minimum Gasteiger partial charge on any atom is -0.345 e. The zero-order valence-corrected chi connectivity index (χ0v) is 15.0. The fraction of sp³-hybridized carbons (Fsp3) is 0.143. The van der Waals surface area contributed by atoms with Gasteiger partial charge in [-0.15, -0.1) is 0 Å². The van der Waals surface area contributed by atoms with Crippen LogP contribution in [0.4, 0.5) is 22.7 Å². The van der Waals surface area contributed by atoms with Crippen molar-refractivity contribution in [2.45, 2.75) is 16.7 Å². The molecule has 24 heavy (non-hydrogen) atoms. The molecule has 0 fully saturated rings. The molecular formula is C21H20N2S. The van der Waals surface area contributed by atoms with E-state index in [9.17, 15) is 0 Å². The molecule has 3 aromatic rings. The van der Waals surface area contributed by atoms with Crippen LogP contribution in [0.2, 0.25) is 0 Å². The van der Waals surface area contributed by atoms with E-state index in [0.717, 1.165) is 0 Å². The molecule has 0 bridgehead atoms. The Morgan fingerprint density at radius 2 is 1.46 bits per heavy atom. The average Bonchev–Trinajstić information content (AvgIpc) is 2.61. The molecule has 3 aromatic carbocycles. The van der Waals surface area contributed by atoms with Crippen LogP contribution in [-0.4, -0.2) is 14.1 Å². The van der Waals surface area contributed by atoms with Gasteiger partial charge in [0.15, 0.2) is 0 Å². The summed E-state index contributed by atoms with van der Waals surface area (Å²) in [7, 11) is 4.26. The number of anilines is 4. The minimum atomic E-state index is 1.20. The second-order valence-corrected chi connectivity index (χ2v) is 7.26. The van der Waals surface area contributed by atoms with Gasteiger partial charge in [0.2, 0.25) is 0 Å². The van der Waals surface area contributed by atoms with Gasteiger partial charge in [0, 0.05) is 35.3 Å². The average molecular weight is 332 g/mol. The largest absolute Gasteiger partial charge is 0.345 e. The van der Waals surface area contributed by atoms with Crippen molar-refractivity contribution in [1.82, 2.24) is 0 Å². The Morgan fingerprint density at radius 3 is 2.21 bits per heavy atom. The van der Waals surface area contributed by atoms with Crippen molar-refractivity contribution < 1.29 is 0 Å². The Kier molecular flexibility index (Phi) is 3.73. The van der Waals surface area contributed by atoms with Crippen LogP contribution < -0.4 is 9.80 Å². The van der Waals surface area contributed by atoms with Crippen LogP contribution in [0.15, 0.2) is 76.5 Å². The molecule has 0 radical (unpaired) electrons. The Bertz CT molecular complexity index is 890. The molecule has 2 nitrogen and oxygen atoms in total. The van der Waals surface area contributed by atoms with Gasteiger partial charge in [-0.25, -0.2) is 0 Å². The van der Waals surface area contributed by atoms with Crippen molar-refractivity contribution in [2.24, 2.45) is 0 Å². The monoisotopic (exact) mass is 332 g/mol. The zero-order chi connectivity index (χ0) is 16.7. The van der Waals surface area contributed by atoms with Gasteiger partial charge >= 0.3 is 0 Å². The van der Waals surface area contributed by atoms with Crippen molar-refractivity contribution in [1.29, 1.82) is 0 Å². The Morgan fingerprint density at radius 1 is 0.792 bits per heavy atom. The van der Waals surface area contributed by atoms with Gasteiger partial charge in [-0.1, -0.05) is 36.0 Å². The molecule has 0 amide bonds. The van der Waals surface area contributed by atoms with E-state index in [0.29, 0.717) is 0 Å². The quantitative estimate of drug-likeness (QED) is 0.568. The van der Waals surface area contributed by atoms with Crippen molar-refractivity contribution in [3.8, 4) is 0 Å². The lowest BCUT2D eigenvalue weighted by atomic mass is 10.1. The van der Waals surface area contributed by atoms with Gasteiger partial charge in [0.1, 0.15) is 0 Å². The molecule has 4 rings (SSSR count). The molecule has 0 N–H and O–H groups in total. The summed E-state index contributed by atoms with van der Waals surface area (Å²) in [4.78, 5) is 7.14. The summed E-state index contributed by atoms with van der Waals surface area (Å²) in [6, 6.07) is 23.8. The SMILES string of the molecule is Cc1ccc2c(c1)Sc1cc(N(C)c3ccccc3)ccc1N2C. The molecule has 120 valence electrons. The van der Waals surface area contributed by atoms with E-state index in [1.54, 1.807) is 0 Å². The number of benzene rings is 3. The molecule has 0 atom stereocenters. The Balaban J connectivity index is 1.73. The van der Waals surface area contributed by atoms with Crippen LogP contribution in [-0.2, 0) is 0 Å². The Labute approximate surface area is 147 Å². The summed E-state index contributed by atoms with van der Waals surface area (Å²) in [5, 5.41) is 0. The first kappa shape index (κ1) is 15.2. The fourth-order valence-electron chi connectivity index (χ4n) is 3.10. The molecule has 0 saturated carbocycles. The highest BCUT2D eigenvalue weighted by atomic mass is 32.2. The molecule has 1 aliphatic heterocycles. The highest BCUT2D eigenvalue weighted by Gasteiger charge is 2.21. The molecule has 0 unspecified atom stereocenters. The Hall–Kier alpha value is -2.39. The van der Waals surface area contributed by atoms with Crippen LogP contribution in [0.25, 0.3) is 0 Å². The van der Waals surface area contributed by atoms with Gasteiger partial charge in [0.25, 0.3) is 0 Å². The summed E-state index contributed by atoms with van der Waals surface area (Å²) >= 11 is 1.86. The van der Waals surface area contributed by atoms with E-state index in [-0.39, 0.29) is 0 Å². The lowest BCUT2D eigenvalue weighted by molar-refractivity contribution is 1.10. The number of para-hydroxylation sites is 1. The summed E-state index contributed by atoms with van der Waals surface area (Å²) in [6.07, 6.45) is 0. The number of aryl methyl sites for hydroxylation is 1. The van der Waals surface area contributed by atoms with Crippen molar-refractivity contribution in [2.75, 3.05) is 23.9 Å². The summed E-state index contributed by atoms with van der Waals surface area (Å²) < 4.78 is 0. The predicted molar refractivity (Wildman–Crippen MR) is 104 cm³/mol. The zero-order valence-electron chi connectivity index (χ0n) is 14.2. The van der Waals surface area contributed by atoms with Gasteiger partial charge in [-0.3, -0.25) is 0 Å². The summed E-state index contributed by atoms with van der Waals surface area (Å²) in [5.74, 6) is 0. The summed E-state index contributed by atoms with van der Waals surface area (Å²) in [5.41, 5.74) is 6.25. The van der Waals surface area contributed by atoms with Crippen molar-refractivity contribution in [3.63, 3.8) is 0 Å². The number of hydrogen-bond donors (Lipinski definition) is 0. The smallest absolute Gasteiger partial charge is 0.0551 e. The maximum absolute atomic E-state index is 2.29. The highest BCUT2D eigenvalue weighted by molar-refractivity contribution is 7.99. The van der Waals surface area contributed by atoms with Gasteiger partial charge in [-0.2, -0.15) is 0 Å². The van der Waals surface area contributed by atoms with Crippen LogP contribution in [0, 0.1) is 6.92 Å². The third-order valence-electron chi connectivity index (χ3n) is 4.53. The van der Waals surface area contributed by atoms with Crippen LogP contribution in [0.3, 0.4) is 0 Å². The van der Waals surface area contributed by atoms with Crippen LogP contribution >= 0.6 is 11.8 Å². The second kappa shape index (κ2) is 5.91. The van der Waals surface area contributed by atoms with Crippen LogP contribution in [0.5, 0.6) is 0 Å². The van der Waals surface area contributed by atoms with E-state index in [4.69, 9.17) is 0 Å². The topological polar surface area (TPSA) is 6.48 Å². The number of hydrogen-bond acceptors (Lipinski definition) is 3. The summed E-state index contributed by atoms with van der Waals surface area (Å²) in [6.45, 7) is 2.15. The standard InChI is InChI=1S/C21H20N2S/c1-15-9-11-18-20(13-15)24-21-14-17(10-12-19(21)23(18)3)22(2)16-7-5-4-6-8-16/h4-14H,1-3H3. The van der Waals surface area contributed by atoms with E-state index < -0.39 is 0 Å². The third-order valence-corrected chi connectivity index (χ3v) is 5.63. The maximum atomic E-state index is 2.29. The van der Waals surface area contributed by atoms with E-state index in [1.165, 1.54) is 38.1 Å². The van der Waals surface area contributed by atoms with E-state index in [2.05, 4.69) is 91.5 Å². The molecule has 1 aliphatic rings. The molecule has 3 heteroatoms. The normalized spacial score (nSPS) is 12.5. The molecule has 0 saturated heterocycles. The highest BCUT2D eigenvalue weighted by Crippen LogP contribution is 2.48. The van der Waals surface area contributed by atoms with Gasteiger partial charge in [-0.05, 0) is 55.0 Å². The number of rotatable bonds is 2. The molecular weight excluding hydrogens is 312 g/mol. The fourth-order valence-corrected chi connectivity index (χ4v) is 4.38. The lowest BCUT2D eigenvalue weighted by Crippen LogP contribution is -2.16. The van der Waals surface area contributed by atoms with Crippen molar-refractivity contribution in [3.05, 3.63) is 72.3 Å². The van der Waals surface area contributed by atoms with Crippen LogP contribution in [0.1, 0.15) is 5.56 Å². The first-order valence-electron chi connectivity index (χ1n) is 8.08. The molecule has 0 aliphatic carbocycles. The first-order valence-corrected chi connectivity index (χ1v) is 8.90. The predicted octanol–water partition coefficient (Wildman–Crippen LogP) is 6.00. The van der Waals surface area contributed by atoms with Gasteiger partial charge in [0.05, 0.1) is 11.4 Å². The van der Waals surface area contributed by atoms with E-state index in [1.807, 2.05) is 17.8 Å². The molecule has 0 aromatic heterocycles. The number of nitrogens with zero attached hydrogens (tertiary/aromatic N) is 2. The molecule has 0 spiro atoms. The maximum Gasteiger partial charge on any atom is 0.0551 e. The minimum absolute atomic E-state index is 1.20.